The first kappa shape index (κ1) is 9.29. The van der Waals surface area contributed by atoms with E-state index in [1.165, 1.54) is 0 Å². The van der Waals surface area contributed by atoms with E-state index in [0.717, 1.165) is 4.32 Å². The molecule has 1 atom stereocenters. The smallest absolute Gasteiger partial charge is 0.145 e. The number of hydrogen-bond acceptors (Lipinski definition) is 3. The molecule has 1 N–H and O–H groups in total. The molecule has 1 heterocycles. The summed E-state index contributed by atoms with van der Waals surface area (Å²) in [7, 11) is 0. The van der Waals surface area contributed by atoms with Crippen molar-refractivity contribution in [1.29, 1.82) is 0 Å². The van der Waals surface area contributed by atoms with E-state index >= 15 is 0 Å². The Labute approximate surface area is 77.0 Å². The molecule has 0 aromatic rings. The van der Waals surface area contributed by atoms with Gasteiger partial charge in [-0.25, -0.2) is 0 Å². The third kappa shape index (κ3) is 1.68. The third-order valence-corrected chi connectivity index (χ3v) is 3.39. The molecule has 0 aliphatic carbocycles. The monoisotopic (exact) mass is 191 g/mol. The van der Waals surface area contributed by atoms with Crippen LogP contribution >= 0.6 is 24.0 Å². The summed E-state index contributed by atoms with van der Waals surface area (Å²) in [6, 6.07) is 0.285. The number of nitrogens with zero attached hydrogens (tertiary/aromatic N) is 1. The van der Waals surface area contributed by atoms with Crippen molar-refractivity contribution in [3.63, 3.8) is 0 Å². The average Bonchev–Trinajstić information content (AvgIpc) is 2.06. The van der Waals surface area contributed by atoms with Gasteiger partial charge in [0.2, 0.25) is 0 Å². The molecule has 2 nitrogen and oxygen atoms in total. The van der Waals surface area contributed by atoms with Crippen LogP contribution < -0.4 is 0 Å². The molecule has 1 aliphatic heterocycles. The van der Waals surface area contributed by atoms with Crippen LogP contribution in [0.2, 0.25) is 0 Å². The van der Waals surface area contributed by atoms with Gasteiger partial charge in [0.05, 0.1) is 0 Å². The van der Waals surface area contributed by atoms with E-state index in [1.807, 2.05) is 18.7 Å². The summed E-state index contributed by atoms with van der Waals surface area (Å²) in [6.45, 7) is 5.87. The van der Waals surface area contributed by atoms with Crippen LogP contribution in [-0.4, -0.2) is 31.8 Å². The summed E-state index contributed by atoms with van der Waals surface area (Å²) in [4.78, 5) is 1.88. The van der Waals surface area contributed by atoms with Crippen LogP contribution in [0, 0.1) is 0 Å². The molecule has 0 aromatic heterocycles. The van der Waals surface area contributed by atoms with Gasteiger partial charge in [-0.15, -0.1) is 0 Å². The third-order valence-electron chi connectivity index (χ3n) is 1.70. The average molecular weight is 191 g/mol. The van der Waals surface area contributed by atoms with Gasteiger partial charge in [-0.2, -0.15) is 0 Å². The van der Waals surface area contributed by atoms with Crippen molar-refractivity contribution in [1.82, 2.24) is 4.90 Å². The Morgan fingerprint density at radius 2 is 2.27 bits per heavy atom. The van der Waals surface area contributed by atoms with E-state index in [-0.39, 0.29) is 6.04 Å². The maximum Gasteiger partial charge on any atom is 0.145 e. The van der Waals surface area contributed by atoms with E-state index < -0.39 is 5.72 Å². The molecule has 0 saturated carbocycles. The fourth-order valence-corrected chi connectivity index (χ4v) is 2.97. The lowest BCUT2D eigenvalue weighted by molar-refractivity contribution is -0.0370. The first-order valence-electron chi connectivity index (χ1n) is 3.63. The lowest BCUT2D eigenvalue weighted by Crippen LogP contribution is -2.48. The number of thioether (sulfide) groups is 1. The minimum Gasteiger partial charge on any atom is -0.370 e. The van der Waals surface area contributed by atoms with Crippen LogP contribution in [0.4, 0.5) is 0 Å². The predicted octanol–water partition coefficient (Wildman–Crippen LogP) is 1.44. The van der Waals surface area contributed by atoms with Gasteiger partial charge in [0.1, 0.15) is 10.0 Å². The van der Waals surface area contributed by atoms with Crippen LogP contribution in [0.25, 0.3) is 0 Å². The summed E-state index contributed by atoms with van der Waals surface area (Å²) < 4.78 is 0.810. The molecular formula is C7H13NOS2. The molecule has 1 aliphatic rings. The molecule has 1 saturated heterocycles. The number of rotatable bonds is 1. The van der Waals surface area contributed by atoms with Crippen molar-refractivity contribution in [3.05, 3.63) is 0 Å². The molecule has 0 bridgehead atoms. The van der Waals surface area contributed by atoms with Crippen LogP contribution in [0.1, 0.15) is 20.8 Å². The molecule has 0 amide bonds. The molecular weight excluding hydrogens is 178 g/mol. The van der Waals surface area contributed by atoms with E-state index in [4.69, 9.17) is 12.2 Å². The molecule has 1 unspecified atom stereocenters. The van der Waals surface area contributed by atoms with E-state index in [9.17, 15) is 5.11 Å². The fourth-order valence-electron chi connectivity index (χ4n) is 1.30. The Bertz CT molecular complexity index is 179. The van der Waals surface area contributed by atoms with E-state index in [0.29, 0.717) is 5.75 Å². The molecule has 4 heteroatoms. The van der Waals surface area contributed by atoms with Crippen molar-refractivity contribution < 1.29 is 5.11 Å². The van der Waals surface area contributed by atoms with Crippen molar-refractivity contribution in [2.24, 2.45) is 0 Å². The number of hydrogen-bond donors (Lipinski definition) is 1. The second kappa shape index (κ2) is 2.92. The maximum absolute atomic E-state index is 9.81. The largest absolute Gasteiger partial charge is 0.370 e. The van der Waals surface area contributed by atoms with Crippen LogP contribution in [0.5, 0.6) is 0 Å². The highest BCUT2D eigenvalue weighted by Gasteiger charge is 2.39. The van der Waals surface area contributed by atoms with Crippen LogP contribution in [-0.2, 0) is 0 Å². The van der Waals surface area contributed by atoms with Crippen molar-refractivity contribution >= 4 is 28.3 Å². The van der Waals surface area contributed by atoms with E-state index in [2.05, 4.69) is 0 Å². The Morgan fingerprint density at radius 3 is 2.45 bits per heavy atom. The second-order valence-corrected chi connectivity index (χ2v) is 4.84. The fraction of sp³-hybridized carbons (Fsp3) is 0.857. The lowest BCUT2D eigenvalue weighted by Gasteiger charge is -2.33. The Balaban J connectivity index is 2.80. The summed E-state index contributed by atoms with van der Waals surface area (Å²) in [5.74, 6) is 0.685. The standard InChI is InChI=1S/C7H13NOS2/c1-5(2)8-6(10)11-4-7(8,3)9/h5,9H,4H2,1-3H3. The minimum absolute atomic E-state index is 0.285. The normalized spacial score (nSPS) is 32.1. The molecule has 0 aromatic carbocycles. The highest BCUT2D eigenvalue weighted by atomic mass is 32.2. The van der Waals surface area contributed by atoms with Gasteiger partial charge in [0.25, 0.3) is 0 Å². The number of aliphatic hydroxyl groups is 1. The number of thiocarbonyl (C=S) groups is 1. The zero-order valence-corrected chi connectivity index (χ0v) is 8.63. The van der Waals surface area contributed by atoms with Gasteiger partial charge in [-0.05, 0) is 20.8 Å². The van der Waals surface area contributed by atoms with Crippen molar-refractivity contribution in [2.45, 2.75) is 32.5 Å². The zero-order valence-electron chi connectivity index (χ0n) is 7.00. The van der Waals surface area contributed by atoms with Gasteiger partial charge in [-0.3, -0.25) is 0 Å². The van der Waals surface area contributed by atoms with Gasteiger partial charge >= 0.3 is 0 Å². The predicted molar refractivity (Wildman–Crippen MR) is 52.7 cm³/mol. The van der Waals surface area contributed by atoms with Crippen molar-refractivity contribution in [3.8, 4) is 0 Å². The molecule has 1 rings (SSSR count). The summed E-state index contributed by atoms with van der Waals surface area (Å²) in [5, 5.41) is 9.81. The molecule has 0 spiro atoms. The SMILES string of the molecule is CC(C)N1C(=S)SCC1(C)O. The van der Waals surface area contributed by atoms with Gasteiger partial charge < -0.3 is 10.0 Å². The Morgan fingerprint density at radius 1 is 1.73 bits per heavy atom. The van der Waals surface area contributed by atoms with Crippen LogP contribution in [0.3, 0.4) is 0 Å². The Kier molecular flexibility index (Phi) is 2.46. The summed E-state index contributed by atoms with van der Waals surface area (Å²) in [6.07, 6.45) is 0. The van der Waals surface area contributed by atoms with Crippen molar-refractivity contribution in [2.75, 3.05) is 5.75 Å². The van der Waals surface area contributed by atoms with Gasteiger partial charge in [0, 0.05) is 11.8 Å². The summed E-state index contributed by atoms with van der Waals surface area (Å²) >= 11 is 6.64. The highest BCUT2D eigenvalue weighted by molar-refractivity contribution is 8.23. The minimum atomic E-state index is -0.740. The highest BCUT2D eigenvalue weighted by Crippen LogP contribution is 2.32. The zero-order chi connectivity index (χ0) is 8.65. The quantitative estimate of drug-likeness (QED) is 0.634. The molecule has 64 valence electrons. The molecule has 11 heavy (non-hydrogen) atoms. The van der Waals surface area contributed by atoms with E-state index in [1.54, 1.807) is 18.7 Å². The molecule has 0 radical (unpaired) electrons. The first-order valence-corrected chi connectivity index (χ1v) is 5.03. The maximum atomic E-state index is 9.81. The Hall–Kier alpha value is 0.200. The van der Waals surface area contributed by atoms with Gasteiger partial charge in [0.15, 0.2) is 0 Å². The molecule has 1 fully saturated rings. The van der Waals surface area contributed by atoms with Gasteiger partial charge in [-0.1, -0.05) is 24.0 Å². The van der Waals surface area contributed by atoms with Crippen LogP contribution in [0.15, 0.2) is 0 Å². The second-order valence-electron chi connectivity index (χ2n) is 3.24. The summed E-state index contributed by atoms with van der Waals surface area (Å²) in [5.41, 5.74) is -0.740. The topological polar surface area (TPSA) is 23.5 Å². The lowest BCUT2D eigenvalue weighted by atomic mass is 10.2. The first-order chi connectivity index (χ1) is 4.95.